The monoisotopic (exact) mass is 261 g/mol. The third kappa shape index (κ3) is 2.86. The molecule has 2 aromatic rings. The Hall–Kier alpha value is -2.47. The lowest BCUT2D eigenvalue weighted by atomic mass is 10.2. The third-order valence-electron chi connectivity index (χ3n) is 2.50. The number of aromatic nitrogens is 1. The van der Waals surface area contributed by atoms with Crippen LogP contribution in [0.3, 0.4) is 0 Å². The van der Waals surface area contributed by atoms with Crippen LogP contribution < -0.4 is 10.4 Å². The Kier molecular flexibility index (Phi) is 3.72. The summed E-state index contributed by atoms with van der Waals surface area (Å²) >= 11 is 0. The van der Waals surface area contributed by atoms with E-state index in [1.54, 1.807) is 6.07 Å². The number of nitrogens with zero attached hydrogens (tertiary/aromatic N) is 2. The zero-order chi connectivity index (χ0) is 13.8. The van der Waals surface area contributed by atoms with Crippen LogP contribution in [0.1, 0.15) is 6.92 Å². The summed E-state index contributed by atoms with van der Waals surface area (Å²) in [6.07, 6.45) is 1.45. The number of benzene rings is 1. The van der Waals surface area contributed by atoms with E-state index in [-0.39, 0.29) is 11.7 Å². The average molecular weight is 261 g/mol. The quantitative estimate of drug-likeness (QED) is 0.834. The Morgan fingerprint density at radius 2 is 2.00 bits per heavy atom. The van der Waals surface area contributed by atoms with Crippen LogP contribution in [0.4, 0.5) is 21.6 Å². The Morgan fingerprint density at radius 1 is 1.32 bits per heavy atom. The summed E-state index contributed by atoms with van der Waals surface area (Å²) in [6.45, 7) is 1.38. The minimum absolute atomic E-state index is 0.269. The molecule has 0 radical (unpaired) electrons. The molecule has 0 aliphatic rings. The molecular formula is C13H12FN3O2. The highest BCUT2D eigenvalue weighted by Crippen LogP contribution is 2.25. The summed E-state index contributed by atoms with van der Waals surface area (Å²) in [5.74, 6) is -0.321. The molecule has 19 heavy (non-hydrogen) atoms. The van der Waals surface area contributed by atoms with Gasteiger partial charge in [0.1, 0.15) is 11.6 Å². The molecule has 0 fully saturated rings. The molecule has 0 saturated heterocycles. The highest BCUT2D eigenvalue weighted by molar-refractivity contribution is 5.98. The Morgan fingerprint density at radius 3 is 2.58 bits per heavy atom. The predicted octanol–water partition coefficient (Wildman–Crippen LogP) is 2.71. The molecule has 0 unspecified atom stereocenters. The van der Waals surface area contributed by atoms with Crippen molar-refractivity contribution in [3.05, 3.63) is 48.4 Å². The first-order valence-electron chi connectivity index (χ1n) is 5.54. The molecule has 1 aromatic heterocycles. The maximum absolute atomic E-state index is 12.9. The molecule has 0 bridgehead atoms. The number of amides is 1. The summed E-state index contributed by atoms with van der Waals surface area (Å²) in [7, 11) is 0. The minimum atomic E-state index is -0.383. The van der Waals surface area contributed by atoms with Gasteiger partial charge >= 0.3 is 0 Å². The normalized spacial score (nSPS) is 10.1. The second-order valence-electron chi connectivity index (χ2n) is 3.85. The fourth-order valence-corrected chi connectivity index (χ4v) is 1.68. The number of nitrogens with one attached hydrogen (secondary N) is 1. The molecule has 1 aromatic carbocycles. The summed E-state index contributed by atoms with van der Waals surface area (Å²) in [5, 5.41) is 8.86. The molecule has 2 N–H and O–H groups in total. The highest BCUT2D eigenvalue weighted by atomic mass is 19.1. The molecule has 5 nitrogen and oxygen atoms in total. The number of anilines is 3. The first-order chi connectivity index (χ1) is 9.11. The Balaban J connectivity index is 2.45. The first kappa shape index (κ1) is 13.0. The van der Waals surface area contributed by atoms with Crippen molar-refractivity contribution in [2.45, 2.75) is 6.92 Å². The van der Waals surface area contributed by atoms with E-state index in [1.165, 1.54) is 48.4 Å². The van der Waals surface area contributed by atoms with Crippen LogP contribution in [0.2, 0.25) is 0 Å². The van der Waals surface area contributed by atoms with Crippen molar-refractivity contribution in [3.8, 4) is 0 Å². The van der Waals surface area contributed by atoms with Gasteiger partial charge in [-0.05, 0) is 30.3 Å². The predicted molar refractivity (Wildman–Crippen MR) is 68.9 cm³/mol. The van der Waals surface area contributed by atoms with Crippen molar-refractivity contribution in [2.24, 2.45) is 0 Å². The van der Waals surface area contributed by atoms with Crippen molar-refractivity contribution >= 4 is 23.1 Å². The third-order valence-corrected chi connectivity index (χ3v) is 2.50. The smallest absolute Gasteiger partial charge is 0.229 e. The lowest BCUT2D eigenvalue weighted by Gasteiger charge is -2.20. The van der Waals surface area contributed by atoms with Gasteiger partial charge in [0.05, 0.1) is 11.4 Å². The van der Waals surface area contributed by atoms with Gasteiger partial charge in [0.2, 0.25) is 5.91 Å². The fraction of sp³-hybridized carbons (Fsp3) is 0.0769. The van der Waals surface area contributed by atoms with Crippen LogP contribution in [-0.4, -0.2) is 16.1 Å². The van der Waals surface area contributed by atoms with E-state index in [9.17, 15) is 9.18 Å². The number of hydrogen-bond acceptors (Lipinski definition) is 4. The van der Waals surface area contributed by atoms with Crippen LogP contribution in [0, 0.1) is 5.82 Å². The minimum Gasteiger partial charge on any atom is -0.291 e. The zero-order valence-corrected chi connectivity index (χ0v) is 10.2. The van der Waals surface area contributed by atoms with Crippen molar-refractivity contribution in [1.82, 2.24) is 4.98 Å². The Bertz CT molecular complexity index is 587. The van der Waals surface area contributed by atoms with Gasteiger partial charge in [-0.1, -0.05) is 0 Å². The van der Waals surface area contributed by atoms with Gasteiger partial charge in [0.15, 0.2) is 0 Å². The van der Waals surface area contributed by atoms with Gasteiger partial charge in [-0.2, -0.15) is 0 Å². The summed E-state index contributed by atoms with van der Waals surface area (Å²) in [5.41, 5.74) is 2.88. The molecular weight excluding hydrogens is 249 g/mol. The number of halogens is 1. The van der Waals surface area contributed by atoms with Crippen LogP contribution in [0.15, 0.2) is 42.6 Å². The number of carbonyl (C=O) groups is 1. The summed E-state index contributed by atoms with van der Waals surface area (Å²) in [6, 6.07) is 8.55. The average Bonchev–Trinajstić information content (AvgIpc) is 2.41. The fourth-order valence-electron chi connectivity index (χ4n) is 1.68. The standard InChI is InChI=1S/C13H12FN3O2/c1-9(18)17(12-4-2-10(14)3-5-12)13-8-11(16-19)6-7-15-13/h2-8,19H,1H3,(H,15,16). The molecule has 1 amide bonds. The molecule has 2 rings (SSSR count). The van der Waals surface area contributed by atoms with Gasteiger partial charge in [0.25, 0.3) is 0 Å². The number of pyridine rings is 1. The van der Waals surface area contributed by atoms with Crippen LogP contribution in [0.25, 0.3) is 0 Å². The molecule has 6 heteroatoms. The molecule has 0 spiro atoms. The van der Waals surface area contributed by atoms with E-state index in [0.29, 0.717) is 17.2 Å². The van der Waals surface area contributed by atoms with E-state index < -0.39 is 0 Å². The van der Waals surface area contributed by atoms with Crippen molar-refractivity contribution in [3.63, 3.8) is 0 Å². The summed E-state index contributed by atoms with van der Waals surface area (Å²) in [4.78, 5) is 17.1. The zero-order valence-electron chi connectivity index (χ0n) is 10.2. The van der Waals surface area contributed by atoms with Gasteiger partial charge < -0.3 is 0 Å². The van der Waals surface area contributed by atoms with Crippen LogP contribution in [0.5, 0.6) is 0 Å². The molecule has 0 aliphatic heterocycles. The number of hydrogen-bond donors (Lipinski definition) is 2. The van der Waals surface area contributed by atoms with Crippen LogP contribution >= 0.6 is 0 Å². The lowest BCUT2D eigenvalue weighted by molar-refractivity contribution is -0.115. The first-order valence-corrected chi connectivity index (χ1v) is 5.54. The maximum atomic E-state index is 12.9. The molecule has 1 heterocycles. The topological polar surface area (TPSA) is 65.5 Å². The van der Waals surface area contributed by atoms with E-state index in [2.05, 4.69) is 4.98 Å². The van der Waals surface area contributed by atoms with Gasteiger partial charge in [0, 0.05) is 19.2 Å². The van der Waals surface area contributed by atoms with E-state index >= 15 is 0 Å². The number of carbonyl (C=O) groups excluding carboxylic acids is 1. The van der Waals surface area contributed by atoms with Crippen molar-refractivity contribution < 1.29 is 14.4 Å². The van der Waals surface area contributed by atoms with Gasteiger partial charge in [-0.3, -0.25) is 20.4 Å². The van der Waals surface area contributed by atoms with Gasteiger partial charge in [-0.25, -0.2) is 9.37 Å². The second kappa shape index (κ2) is 5.45. The molecule has 0 aliphatic carbocycles. The second-order valence-corrected chi connectivity index (χ2v) is 3.85. The highest BCUT2D eigenvalue weighted by Gasteiger charge is 2.15. The number of rotatable bonds is 3. The van der Waals surface area contributed by atoms with Crippen LogP contribution in [-0.2, 0) is 4.79 Å². The SMILES string of the molecule is CC(=O)N(c1ccc(F)cc1)c1cc(NO)ccn1. The van der Waals surface area contributed by atoms with Gasteiger partial charge in [-0.15, -0.1) is 0 Å². The maximum Gasteiger partial charge on any atom is 0.229 e. The Labute approximate surface area is 109 Å². The van der Waals surface area contributed by atoms with Crippen molar-refractivity contribution in [1.29, 1.82) is 0 Å². The lowest BCUT2D eigenvalue weighted by Crippen LogP contribution is -2.23. The van der Waals surface area contributed by atoms with E-state index in [0.717, 1.165) is 0 Å². The molecule has 98 valence electrons. The van der Waals surface area contributed by atoms with Crippen molar-refractivity contribution in [2.75, 3.05) is 10.4 Å². The van der Waals surface area contributed by atoms with E-state index in [4.69, 9.17) is 5.21 Å². The molecule has 0 atom stereocenters. The molecule has 0 saturated carbocycles. The summed E-state index contributed by atoms with van der Waals surface area (Å²) < 4.78 is 12.9. The van der Waals surface area contributed by atoms with E-state index in [1.807, 2.05) is 5.48 Å². The largest absolute Gasteiger partial charge is 0.291 e.